The molecule has 1 atom stereocenters. The minimum absolute atomic E-state index is 0.0200. The number of fused-ring (bicyclic) bond motifs is 1. The molecule has 20 heavy (non-hydrogen) atoms. The first-order chi connectivity index (χ1) is 9.21. The Kier molecular flexibility index (Phi) is 3.21. The van der Waals surface area contributed by atoms with Gasteiger partial charge in [0.1, 0.15) is 5.82 Å². The normalized spacial score (nSPS) is 15.1. The second-order valence-corrected chi connectivity index (χ2v) is 4.09. The highest BCUT2D eigenvalue weighted by Gasteiger charge is 2.62. The summed E-state index contributed by atoms with van der Waals surface area (Å²) in [5.41, 5.74) is -4.55. The van der Waals surface area contributed by atoms with Crippen molar-refractivity contribution >= 4 is 16.9 Å². The number of esters is 1. The number of carbonyl (C=O) groups excluding carboxylic acids is 1. The van der Waals surface area contributed by atoms with Gasteiger partial charge in [-0.25, -0.2) is 9.18 Å². The lowest BCUT2D eigenvalue weighted by Gasteiger charge is -2.27. The highest BCUT2D eigenvalue weighted by Crippen LogP contribution is 2.42. The van der Waals surface area contributed by atoms with Gasteiger partial charge in [0.05, 0.1) is 7.11 Å². The van der Waals surface area contributed by atoms with Crippen LogP contribution < -0.4 is 0 Å². The van der Waals surface area contributed by atoms with Crippen molar-refractivity contribution in [3.05, 3.63) is 35.8 Å². The lowest BCUT2D eigenvalue weighted by Crippen LogP contribution is -2.49. The Labute approximate surface area is 110 Å². The Morgan fingerprint density at radius 2 is 2.00 bits per heavy atom. The highest BCUT2D eigenvalue weighted by molar-refractivity contribution is 5.92. The van der Waals surface area contributed by atoms with E-state index in [0.29, 0.717) is 0 Å². The molecule has 2 rings (SSSR count). The monoisotopic (exact) mass is 291 g/mol. The van der Waals surface area contributed by atoms with Crippen molar-refractivity contribution < 1.29 is 32.2 Å². The molecule has 0 spiro atoms. The van der Waals surface area contributed by atoms with Gasteiger partial charge < -0.3 is 14.8 Å². The standard InChI is InChI=1S/C12H9F4NO3/c1-20-10(18)11(19,12(14,15)16)8-5-17-9-4-6(13)2-3-7(8)9/h2-5,17,19H,1H3. The average Bonchev–Trinajstić information content (AvgIpc) is 2.78. The number of hydrogen-bond donors (Lipinski definition) is 2. The molecule has 8 heteroatoms. The molecule has 1 heterocycles. The van der Waals surface area contributed by atoms with E-state index in [9.17, 15) is 27.5 Å². The summed E-state index contributed by atoms with van der Waals surface area (Å²) in [4.78, 5) is 13.8. The van der Waals surface area contributed by atoms with Crippen molar-refractivity contribution in [2.24, 2.45) is 0 Å². The van der Waals surface area contributed by atoms with Crippen LogP contribution in [-0.4, -0.2) is 29.3 Å². The number of alkyl halides is 3. The van der Waals surface area contributed by atoms with Crippen LogP contribution in [-0.2, 0) is 15.1 Å². The van der Waals surface area contributed by atoms with Crippen LogP contribution in [0.1, 0.15) is 5.56 Å². The smallest absolute Gasteiger partial charge is 0.432 e. The number of aliphatic hydroxyl groups is 1. The molecule has 0 radical (unpaired) electrons. The quantitative estimate of drug-likeness (QED) is 0.659. The van der Waals surface area contributed by atoms with E-state index in [2.05, 4.69) is 9.72 Å². The predicted molar refractivity (Wildman–Crippen MR) is 60.2 cm³/mol. The Morgan fingerprint density at radius 3 is 2.55 bits per heavy atom. The van der Waals surface area contributed by atoms with Crippen molar-refractivity contribution in [1.82, 2.24) is 4.98 Å². The molecule has 4 nitrogen and oxygen atoms in total. The van der Waals surface area contributed by atoms with Crippen molar-refractivity contribution in [2.45, 2.75) is 11.8 Å². The topological polar surface area (TPSA) is 62.3 Å². The maximum absolute atomic E-state index is 13.1. The van der Waals surface area contributed by atoms with Crippen LogP contribution in [0.4, 0.5) is 17.6 Å². The lowest BCUT2D eigenvalue weighted by atomic mass is 9.92. The van der Waals surface area contributed by atoms with Crippen LogP contribution in [0, 0.1) is 5.82 Å². The zero-order valence-corrected chi connectivity index (χ0v) is 10.1. The molecule has 1 aromatic carbocycles. The Bertz CT molecular complexity index is 664. The molecule has 0 aliphatic heterocycles. The summed E-state index contributed by atoms with van der Waals surface area (Å²) < 4.78 is 56.3. The van der Waals surface area contributed by atoms with Crippen LogP contribution in [0.15, 0.2) is 24.4 Å². The van der Waals surface area contributed by atoms with Gasteiger partial charge in [0.2, 0.25) is 0 Å². The zero-order valence-electron chi connectivity index (χ0n) is 10.1. The number of halogens is 4. The summed E-state index contributed by atoms with van der Waals surface area (Å²) in [5.74, 6) is -2.53. The first-order valence-electron chi connectivity index (χ1n) is 5.36. The molecule has 0 fully saturated rings. The number of nitrogens with one attached hydrogen (secondary N) is 1. The van der Waals surface area contributed by atoms with E-state index in [4.69, 9.17) is 0 Å². The number of hydrogen-bond acceptors (Lipinski definition) is 3. The number of carbonyl (C=O) groups is 1. The minimum atomic E-state index is -5.29. The number of H-pyrrole nitrogens is 1. The fourth-order valence-corrected chi connectivity index (χ4v) is 1.92. The number of rotatable bonds is 2. The maximum atomic E-state index is 13.1. The largest absolute Gasteiger partial charge is 0.466 e. The molecule has 1 unspecified atom stereocenters. The first kappa shape index (κ1) is 14.3. The average molecular weight is 291 g/mol. The van der Waals surface area contributed by atoms with Crippen LogP contribution in [0.5, 0.6) is 0 Å². The molecule has 108 valence electrons. The second-order valence-electron chi connectivity index (χ2n) is 4.09. The van der Waals surface area contributed by atoms with Crippen molar-refractivity contribution in [1.29, 1.82) is 0 Å². The fourth-order valence-electron chi connectivity index (χ4n) is 1.92. The van der Waals surface area contributed by atoms with Gasteiger partial charge in [-0.15, -0.1) is 0 Å². The first-order valence-corrected chi connectivity index (χ1v) is 5.36. The number of benzene rings is 1. The van der Waals surface area contributed by atoms with E-state index in [-0.39, 0.29) is 10.9 Å². The van der Waals surface area contributed by atoms with Crippen molar-refractivity contribution in [2.75, 3.05) is 7.11 Å². The summed E-state index contributed by atoms with van der Waals surface area (Å²) >= 11 is 0. The summed E-state index contributed by atoms with van der Waals surface area (Å²) in [6.45, 7) is 0. The highest BCUT2D eigenvalue weighted by atomic mass is 19.4. The summed E-state index contributed by atoms with van der Waals surface area (Å²) in [7, 11) is 0.730. The van der Waals surface area contributed by atoms with Gasteiger partial charge >= 0.3 is 12.1 Å². The zero-order chi connectivity index (χ0) is 15.1. The molecule has 0 amide bonds. The van der Waals surface area contributed by atoms with Gasteiger partial charge in [0.15, 0.2) is 0 Å². The van der Waals surface area contributed by atoms with Gasteiger partial charge in [-0.05, 0) is 18.2 Å². The third-order valence-electron chi connectivity index (χ3n) is 2.92. The van der Waals surface area contributed by atoms with E-state index >= 15 is 0 Å². The molecular weight excluding hydrogens is 282 g/mol. The van der Waals surface area contributed by atoms with Gasteiger partial charge in [0.25, 0.3) is 5.60 Å². The summed E-state index contributed by atoms with van der Waals surface area (Å²) in [5, 5.41) is 9.70. The summed E-state index contributed by atoms with van der Waals surface area (Å²) in [6.07, 6.45) is -4.49. The van der Waals surface area contributed by atoms with E-state index in [1.165, 1.54) is 0 Å². The SMILES string of the molecule is COC(=O)C(O)(c1c[nH]c2cc(F)ccc12)C(F)(F)F. The predicted octanol–water partition coefficient (Wildman–Crippen LogP) is 2.23. The third-order valence-corrected chi connectivity index (χ3v) is 2.92. The Balaban J connectivity index is 2.73. The molecule has 2 N–H and O–H groups in total. The van der Waals surface area contributed by atoms with E-state index in [1.807, 2.05) is 0 Å². The molecule has 0 aliphatic carbocycles. The lowest BCUT2D eigenvalue weighted by molar-refractivity contribution is -0.266. The molecule has 1 aromatic heterocycles. The molecular formula is C12H9F4NO3. The maximum Gasteiger partial charge on any atom is 0.432 e. The van der Waals surface area contributed by atoms with Crippen LogP contribution in [0.2, 0.25) is 0 Å². The van der Waals surface area contributed by atoms with Gasteiger partial charge in [0, 0.05) is 22.7 Å². The molecule has 0 aliphatic rings. The van der Waals surface area contributed by atoms with Crippen LogP contribution >= 0.6 is 0 Å². The third kappa shape index (κ3) is 1.92. The van der Waals surface area contributed by atoms with Gasteiger partial charge in [-0.3, -0.25) is 0 Å². The molecule has 0 bridgehead atoms. The Morgan fingerprint density at radius 1 is 1.35 bits per heavy atom. The molecule has 0 saturated heterocycles. The van der Waals surface area contributed by atoms with Crippen LogP contribution in [0.25, 0.3) is 10.9 Å². The van der Waals surface area contributed by atoms with E-state index < -0.39 is 29.1 Å². The fraction of sp³-hybridized carbons (Fsp3) is 0.250. The van der Waals surface area contributed by atoms with Gasteiger partial charge in [-0.2, -0.15) is 13.2 Å². The van der Waals surface area contributed by atoms with Crippen LogP contribution in [0.3, 0.4) is 0 Å². The van der Waals surface area contributed by atoms with Gasteiger partial charge in [-0.1, -0.05) is 0 Å². The summed E-state index contributed by atoms with van der Waals surface area (Å²) in [6, 6.07) is 2.91. The van der Waals surface area contributed by atoms with Crippen molar-refractivity contribution in [3.63, 3.8) is 0 Å². The number of methoxy groups -OCH3 is 1. The Hall–Kier alpha value is -2.09. The molecule has 2 aromatic rings. The number of aromatic amines is 1. The minimum Gasteiger partial charge on any atom is -0.466 e. The van der Waals surface area contributed by atoms with E-state index in [1.54, 1.807) is 0 Å². The number of ether oxygens (including phenoxy) is 1. The second kappa shape index (κ2) is 4.48. The number of aromatic nitrogens is 1. The van der Waals surface area contributed by atoms with Crippen molar-refractivity contribution in [3.8, 4) is 0 Å². The molecule has 0 saturated carbocycles. The van der Waals surface area contributed by atoms with E-state index in [0.717, 1.165) is 31.5 Å².